The van der Waals surface area contributed by atoms with Crippen molar-refractivity contribution in [1.29, 1.82) is 0 Å². The van der Waals surface area contributed by atoms with E-state index in [4.69, 9.17) is 5.73 Å². The van der Waals surface area contributed by atoms with E-state index in [-0.39, 0.29) is 0 Å². The molecule has 1 saturated carbocycles. The predicted octanol–water partition coefficient (Wildman–Crippen LogP) is 3.22. The van der Waals surface area contributed by atoms with E-state index < -0.39 is 0 Å². The quantitative estimate of drug-likeness (QED) is 0.826. The maximum atomic E-state index is 5.85. The molecule has 2 N–H and O–H groups in total. The van der Waals surface area contributed by atoms with E-state index in [1.165, 1.54) is 36.8 Å². The number of benzene rings is 1. The van der Waals surface area contributed by atoms with E-state index in [0.29, 0.717) is 0 Å². The zero-order valence-corrected chi connectivity index (χ0v) is 10.5. The van der Waals surface area contributed by atoms with Gasteiger partial charge in [-0.05, 0) is 68.2 Å². The van der Waals surface area contributed by atoms with Crippen LogP contribution in [0, 0.1) is 25.7 Å². The lowest BCUT2D eigenvalue weighted by Crippen LogP contribution is -2.20. The number of hydrogen-bond acceptors (Lipinski definition) is 1. The number of aryl methyl sites for hydroxylation is 2. The van der Waals surface area contributed by atoms with E-state index in [0.717, 1.165) is 18.4 Å². The zero-order chi connectivity index (χ0) is 11.5. The zero-order valence-electron chi connectivity index (χ0n) is 10.5. The van der Waals surface area contributed by atoms with Gasteiger partial charge in [-0.1, -0.05) is 24.6 Å². The van der Waals surface area contributed by atoms with Crippen molar-refractivity contribution in [2.24, 2.45) is 17.6 Å². The smallest absolute Gasteiger partial charge is 0.00461 e. The summed E-state index contributed by atoms with van der Waals surface area (Å²) >= 11 is 0. The molecule has 0 radical (unpaired) electrons. The molecule has 1 aliphatic rings. The van der Waals surface area contributed by atoms with Gasteiger partial charge in [0.2, 0.25) is 0 Å². The average molecular weight is 217 g/mol. The van der Waals surface area contributed by atoms with Crippen molar-refractivity contribution in [3.63, 3.8) is 0 Å². The van der Waals surface area contributed by atoms with Crippen molar-refractivity contribution in [2.75, 3.05) is 6.54 Å². The lowest BCUT2D eigenvalue weighted by molar-refractivity contribution is 0.393. The van der Waals surface area contributed by atoms with Crippen molar-refractivity contribution in [3.8, 4) is 0 Å². The van der Waals surface area contributed by atoms with Gasteiger partial charge in [0, 0.05) is 0 Å². The van der Waals surface area contributed by atoms with Crippen LogP contribution in [0.5, 0.6) is 0 Å². The molecule has 1 nitrogen and oxygen atoms in total. The van der Waals surface area contributed by atoms with Gasteiger partial charge >= 0.3 is 0 Å². The van der Waals surface area contributed by atoms with E-state index in [1.807, 2.05) is 0 Å². The average Bonchev–Trinajstić information content (AvgIpc) is 2.71. The summed E-state index contributed by atoms with van der Waals surface area (Å²) in [6.07, 6.45) is 5.32. The first-order chi connectivity index (χ1) is 7.72. The summed E-state index contributed by atoms with van der Waals surface area (Å²) in [4.78, 5) is 0. The second-order valence-electron chi connectivity index (χ2n) is 5.26. The van der Waals surface area contributed by atoms with Gasteiger partial charge in [0.15, 0.2) is 0 Å². The molecule has 0 aliphatic heterocycles. The van der Waals surface area contributed by atoms with Crippen molar-refractivity contribution < 1.29 is 0 Å². The van der Waals surface area contributed by atoms with Crippen molar-refractivity contribution in [1.82, 2.24) is 0 Å². The molecule has 0 amide bonds. The summed E-state index contributed by atoms with van der Waals surface area (Å²) in [5, 5.41) is 0. The number of hydrogen-bond donors (Lipinski definition) is 1. The minimum atomic E-state index is 0.763. The Balaban J connectivity index is 2.14. The Kier molecular flexibility index (Phi) is 3.65. The molecule has 2 unspecified atom stereocenters. The molecule has 16 heavy (non-hydrogen) atoms. The molecule has 0 aromatic heterocycles. The fraction of sp³-hybridized carbons (Fsp3) is 0.600. The van der Waals surface area contributed by atoms with Crippen molar-refractivity contribution in [2.45, 2.75) is 39.5 Å². The summed E-state index contributed by atoms with van der Waals surface area (Å²) in [5.41, 5.74) is 10.3. The molecule has 1 aliphatic carbocycles. The van der Waals surface area contributed by atoms with Crippen LogP contribution < -0.4 is 5.73 Å². The maximum absolute atomic E-state index is 5.85. The van der Waals surface area contributed by atoms with Crippen LogP contribution in [0.1, 0.15) is 36.0 Å². The first-order valence-electron chi connectivity index (χ1n) is 6.47. The van der Waals surface area contributed by atoms with Crippen LogP contribution in [-0.4, -0.2) is 6.54 Å². The third kappa shape index (κ3) is 2.30. The fourth-order valence-corrected chi connectivity index (χ4v) is 3.13. The van der Waals surface area contributed by atoms with Crippen LogP contribution in [0.3, 0.4) is 0 Å². The molecule has 2 rings (SSSR count). The van der Waals surface area contributed by atoms with Crippen LogP contribution in [0.25, 0.3) is 0 Å². The van der Waals surface area contributed by atoms with Crippen LogP contribution in [0.4, 0.5) is 0 Å². The van der Waals surface area contributed by atoms with Gasteiger partial charge in [-0.2, -0.15) is 0 Å². The minimum absolute atomic E-state index is 0.763. The molecule has 88 valence electrons. The molecule has 2 atom stereocenters. The summed E-state index contributed by atoms with van der Waals surface area (Å²) < 4.78 is 0. The predicted molar refractivity (Wildman–Crippen MR) is 69.5 cm³/mol. The number of nitrogens with two attached hydrogens (primary N) is 1. The van der Waals surface area contributed by atoms with E-state index >= 15 is 0 Å². The molecular formula is C15H23N. The monoisotopic (exact) mass is 217 g/mol. The molecule has 1 fully saturated rings. The van der Waals surface area contributed by atoms with E-state index in [2.05, 4.69) is 32.0 Å². The first kappa shape index (κ1) is 11.7. The molecule has 1 aromatic carbocycles. The van der Waals surface area contributed by atoms with Gasteiger partial charge in [-0.25, -0.2) is 0 Å². The SMILES string of the molecule is Cc1cccc(C)c1CC1CCCC1CN. The maximum Gasteiger partial charge on any atom is -0.00461 e. The normalized spacial score (nSPS) is 24.9. The van der Waals surface area contributed by atoms with Gasteiger partial charge in [-0.3, -0.25) is 0 Å². The van der Waals surface area contributed by atoms with Crippen molar-refractivity contribution in [3.05, 3.63) is 34.9 Å². The molecule has 0 heterocycles. The van der Waals surface area contributed by atoms with Gasteiger partial charge in [0.25, 0.3) is 0 Å². The summed E-state index contributed by atoms with van der Waals surface area (Å²) in [5.74, 6) is 1.59. The standard InChI is InChI=1S/C15H23N/c1-11-5-3-6-12(2)15(11)9-13-7-4-8-14(13)10-16/h3,5-6,13-14H,4,7-10,16H2,1-2H3. The Morgan fingerprint density at radius 3 is 2.38 bits per heavy atom. The number of rotatable bonds is 3. The Bertz CT molecular complexity index is 336. The second kappa shape index (κ2) is 5.01. The van der Waals surface area contributed by atoms with Gasteiger partial charge < -0.3 is 5.73 Å². The minimum Gasteiger partial charge on any atom is -0.330 e. The summed E-state index contributed by atoms with van der Waals surface area (Å²) in [6.45, 7) is 5.33. The Morgan fingerprint density at radius 1 is 1.12 bits per heavy atom. The molecule has 1 heteroatoms. The molecule has 0 bridgehead atoms. The Morgan fingerprint density at radius 2 is 1.75 bits per heavy atom. The summed E-state index contributed by atoms with van der Waals surface area (Å²) in [7, 11) is 0. The molecular weight excluding hydrogens is 194 g/mol. The lowest BCUT2D eigenvalue weighted by atomic mass is 9.86. The van der Waals surface area contributed by atoms with Crippen LogP contribution in [0.15, 0.2) is 18.2 Å². The first-order valence-corrected chi connectivity index (χ1v) is 6.47. The summed E-state index contributed by atoms with van der Waals surface area (Å²) in [6, 6.07) is 6.62. The second-order valence-corrected chi connectivity index (χ2v) is 5.26. The van der Waals surface area contributed by atoms with Gasteiger partial charge in [-0.15, -0.1) is 0 Å². The highest BCUT2D eigenvalue weighted by Gasteiger charge is 2.26. The van der Waals surface area contributed by atoms with Gasteiger partial charge in [0.1, 0.15) is 0 Å². The van der Waals surface area contributed by atoms with E-state index in [9.17, 15) is 0 Å². The fourth-order valence-electron chi connectivity index (χ4n) is 3.13. The molecule has 0 spiro atoms. The largest absolute Gasteiger partial charge is 0.330 e. The van der Waals surface area contributed by atoms with E-state index in [1.54, 1.807) is 5.56 Å². The van der Waals surface area contributed by atoms with Crippen molar-refractivity contribution >= 4 is 0 Å². The van der Waals surface area contributed by atoms with Gasteiger partial charge in [0.05, 0.1) is 0 Å². The van der Waals surface area contributed by atoms with Crippen LogP contribution in [0.2, 0.25) is 0 Å². The topological polar surface area (TPSA) is 26.0 Å². The molecule has 1 aromatic rings. The lowest BCUT2D eigenvalue weighted by Gasteiger charge is -2.20. The third-order valence-corrected chi connectivity index (χ3v) is 4.23. The third-order valence-electron chi connectivity index (χ3n) is 4.23. The van der Waals surface area contributed by atoms with Crippen LogP contribution >= 0.6 is 0 Å². The highest BCUT2D eigenvalue weighted by Crippen LogP contribution is 2.34. The Hall–Kier alpha value is -0.820. The Labute approximate surface area is 99.0 Å². The highest BCUT2D eigenvalue weighted by atomic mass is 14.6. The highest BCUT2D eigenvalue weighted by molar-refractivity contribution is 5.33. The molecule has 0 saturated heterocycles. The van der Waals surface area contributed by atoms with Crippen LogP contribution in [-0.2, 0) is 6.42 Å².